The molecule has 0 saturated carbocycles. The average molecular weight is 345 g/mol. The van der Waals surface area contributed by atoms with Crippen molar-refractivity contribution in [2.24, 2.45) is 5.10 Å². The Morgan fingerprint density at radius 2 is 1.76 bits per heavy atom. The Morgan fingerprint density at radius 3 is 2.40 bits per heavy atom. The van der Waals surface area contributed by atoms with Crippen molar-refractivity contribution in [3.05, 3.63) is 53.8 Å². The van der Waals surface area contributed by atoms with Gasteiger partial charge in [0.05, 0.1) is 26.5 Å². The molecular weight excluding hydrogens is 325 g/mol. The van der Waals surface area contributed by atoms with E-state index in [-0.39, 0.29) is 18.3 Å². The molecule has 7 heteroatoms. The normalized spacial score (nSPS) is 11.0. The lowest BCUT2D eigenvalue weighted by Gasteiger charge is -2.09. The van der Waals surface area contributed by atoms with Crippen LogP contribution in [0.1, 0.15) is 12.5 Å². The summed E-state index contributed by atoms with van der Waals surface area (Å²) in [5.74, 6) is 0.555. The van der Waals surface area contributed by atoms with Crippen molar-refractivity contribution in [1.29, 1.82) is 0 Å². The van der Waals surface area contributed by atoms with E-state index in [1.54, 1.807) is 45.4 Å². The molecule has 0 aliphatic carbocycles. The van der Waals surface area contributed by atoms with E-state index in [1.165, 1.54) is 12.1 Å². The fraction of sp³-hybridized carbons (Fsp3) is 0.222. The second kappa shape index (κ2) is 8.68. The highest BCUT2D eigenvalue weighted by Gasteiger charge is 2.07. The molecule has 0 saturated heterocycles. The van der Waals surface area contributed by atoms with Gasteiger partial charge in [0.15, 0.2) is 11.5 Å². The van der Waals surface area contributed by atoms with E-state index >= 15 is 0 Å². The number of amides is 1. The monoisotopic (exact) mass is 345 g/mol. The molecule has 0 aromatic heterocycles. The van der Waals surface area contributed by atoms with Crippen molar-refractivity contribution in [3.8, 4) is 11.5 Å². The van der Waals surface area contributed by atoms with Crippen LogP contribution >= 0.6 is 0 Å². The minimum Gasteiger partial charge on any atom is -0.493 e. The highest BCUT2D eigenvalue weighted by atomic mass is 19.1. The van der Waals surface area contributed by atoms with Crippen LogP contribution in [-0.4, -0.2) is 32.4 Å². The van der Waals surface area contributed by atoms with E-state index in [4.69, 9.17) is 9.47 Å². The van der Waals surface area contributed by atoms with Crippen molar-refractivity contribution in [2.45, 2.75) is 6.92 Å². The Bertz CT molecular complexity index is 761. The van der Waals surface area contributed by atoms with Crippen LogP contribution in [-0.2, 0) is 4.79 Å². The number of hydrogen-bond donors (Lipinski definition) is 2. The van der Waals surface area contributed by atoms with Gasteiger partial charge in [-0.1, -0.05) is 0 Å². The molecule has 1 amide bonds. The average Bonchev–Trinajstić information content (AvgIpc) is 2.64. The zero-order valence-corrected chi connectivity index (χ0v) is 14.3. The standard InChI is InChI=1S/C18H20FN3O3/c1-12(13-4-9-16(24-2)17(10-13)25-3)21-22-18(23)11-20-15-7-5-14(19)6-8-15/h4-10,20H,11H2,1-3H3,(H,22,23)/b21-12-. The second-order valence-electron chi connectivity index (χ2n) is 5.16. The van der Waals surface area contributed by atoms with Gasteiger partial charge in [0.25, 0.3) is 5.91 Å². The van der Waals surface area contributed by atoms with E-state index in [9.17, 15) is 9.18 Å². The Hall–Kier alpha value is -3.09. The molecule has 2 aromatic rings. The first kappa shape index (κ1) is 18.3. The number of rotatable bonds is 7. The molecule has 0 atom stereocenters. The van der Waals surface area contributed by atoms with E-state index in [0.29, 0.717) is 22.9 Å². The summed E-state index contributed by atoms with van der Waals surface area (Å²) in [6, 6.07) is 11.1. The predicted molar refractivity (Wildman–Crippen MR) is 94.8 cm³/mol. The summed E-state index contributed by atoms with van der Waals surface area (Å²) in [6.07, 6.45) is 0. The number of hydrogen-bond acceptors (Lipinski definition) is 5. The van der Waals surface area contributed by atoms with Gasteiger partial charge in [-0.3, -0.25) is 4.79 Å². The molecule has 6 nitrogen and oxygen atoms in total. The van der Waals surface area contributed by atoms with Crippen LogP contribution in [0.15, 0.2) is 47.6 Å². The molecule has 2 N–H and O–H groups in total. The Labute approximate surface area is 145 Å². The lowest BCUT2D eigenvalue weighted by molar-refractivity contribution is -0.119. The minimum absolute atomic E-state index is 0.0222. The fourth-order valence-corrected chi connectivity index (χ4v) is 2.06. The highest BCUT2D eigenvalue weighted by Crippen LogP contribution is 2.27. The lowest BCUT2D eigenvalue weighted by atomic mass is 10.1. The number of hydrazone groups is 1. The summed E-state index contributed by atoms with van der Waals surface area (Å²) in [6.45, 7) is 1.79. The third-order valence-electron chi connectivity index (χ3n) is 3.45. The highest BCUT2D eigenvalue weighted by molar-refractivity contribution is 5.99. The van der Waals surface area contributed by atoms with Gasteiger partial charge < -0.3 is 14.8 Å². The van der Waals surface area contributed by atoms with Crippen LogP contribution in [0.4, 0.5) is 10.1 Å². The first-order chi connectivity index (χ1) is 12.0. The van der Waals surface area contributed by atoms with Crippen molar-refractivity contribution in [3.63, 3.8) is 0 Å². The number of ether oxygens (including phenoxy) is 2. The van der Waals surface area contributed by atoms with Crippen molar-refractivity contribution < 1.29 is 18.7 Å². The molecule has 2 aromatic carbocycles. The zero-order valence-electron chi connectivity index (χ0n) is 14.3. The van der Waals surface area contributed by atoms with Gasteiger partial charge in [-0.25, -0.2) is 9.82 Å². The number of anilines is 1. The number of nitrogens with one attached hydrogen (secondary N) is 2. The van der Waals surface area contributed by atoms with Gasteiger partial charge >= 0.3 is 0 Å². The van der Waals surface area contributed by atoms with E-state index in [1.807, 2.05) is 6.07 Å². The Balaban J connectivity index is 1.93. The third-order valence-corrected chi connectivity index (χ3v) is 3.45. The summed E-state index contributed by atoms with van der Waals surface area (Å²) in [5, 5.41) is 6.96. The second-order valence-corrected chi connectivity index (χ2v) is 5.16. The van der Waals surface area contributed by atoms with Crippen LogP contribution in [0.25, 0.3) is 0 Å². The molecule has 2 rings (SSSR count). The van der Waals surface area contributed by atoms with Gasteiger partial charge in [0, 0.05) is 11.3 Å². The fourth-order valence-electron chi connectivity index (χ4n) is 2.06. The summed E-state index contributed by atoms with van der Waals surface area (Å²) in [4.78, 5) is 11.8. The number of halogens is 1. The Morgan fingerprint density at radius 1 is 1.08 bits per heavy atom. The predicted octanol–water partition coefficient (Wildman–Crippen LogP) is 2.80. The summed E-state index contributed by atoms with van der Waals surface area (Å²) >= 11 is 0. The number of methoxy groups -OCH3 is 2. The van der Waals surface area contributed by atoms with Crippen molar-refractivity contribution in [2.75, 3.05) is 26.1 Å². The maximum Gasteiger partial charge on any atom is 0.259 e. The zero-order chi connectivity index (χ0) is 18.2. The van der Waals surface area contributed by atoms with Crippen LogP contribution in [0.3, 0.4) is 0 Å². The van der Waals surface area contributed by atoms with Crippen molar-refractivity contribution in [1.82, 2.24) is 5.43 Å². The maximum absolute atomic E-state index is 12.8. The molecule has 0 radical (unpaired) electrons. The van der Waals surface area contributed by atoms with Crippen molar-refractivity contribution >= 4 is 17.3 Å². The largest absolute Gasteiger partial charge is 0.493 e. The summed E-state index contributed by atoms with van der Waals surface area (Å²) in [7, 11) is 3.11. The molecule has 132 valence electrons. The SMILES string of the molecule is COc1ccc(/C(C)=N\NC(=O)CNc2ccc(F)cc2)cc1OC. The molecule has 0 heterocycles. The first-order valence-corrected chi connectivity index (χ1v) is 7.58. The number of nitrogens with zero attached hydrogens (tertiary/aromatic N) is 1. The summed E-state index contributed by atoms with van der Waals surface area (Å²) in [5.41, 5.74) is 4.54. The van der Waals surface area contributed by atoms with Gasteiger partial charge in [-0.15, -0.1) is 0 Å². The summed E-state index contributed by atoms with van der Waals surface area (Å²) < 4.78 is 23.2. The van der Waals surface area contributed by atoms with Gasteiger partial charge in [0.1, 0.15) is 5.82 Å². The minimum atomic E-state index is -0.329. The van der Waals surface area contributed by atoms with Gasteiger partial charge in [-0.2, -0.15) is 5.10 Å². The van der Waals surface area contributed by atoms with Gasteiger partial charge in [0.2, 0.25) is 0 Å². The number of carbonyl (C=O) groups is 1. The first-order valence-electron chi connectivity index (χ1n) is 7.58. The van der Waals surface area contributed by atoms with E-state index < -0.39 is 0 Å². The molecule has 0 spiro atoms. The molecule has 0 aliphatic heterocycles. The quantitative estimate of drug-likeness (QED) is 0.598. The molecule has 0 bridgehead atoms. The molecule has 0 aliphatic rings. The molecular formula is C18H20FN3O3. The molecule has 0 unspecified atom stereocenters. The van der Waals surface area contributed by atoms with E-state index in [2.05, 4.69) is 15.8 Å². The smallest absolute Gasteiger partial charge is 0.259 e. The number of benzene rings is 2. The molecule has 0 fully saturated rings. The van der Waals surface area contributed by atoms with Crippen LogP contribution in [0.5, 0.6) is 11.5 Å². The Kier molecular flexibility index (Phi) is 6.33. The maximum atomic E-state index is 12.8. The molecule has 25 heavy (non-hydrogen) atoms. The van der Waals surface area contributed by atoms with Crippen LogP contribution in [0, 0.1) is 5.82 Å². The lowest BCUT2D eigenvalue weighted by Crippen LogP contribution is -2.26. The van der Waals surface area contributed by atoms with E-state index in [0.717, 1.165) is 5.56 Å². The third kappa shape index (κ3) is 5.20. The van der Waals surface area contributed by atoms with Crippen LogP contribution < -0.4 is 20.2 Å². The number of carbonyl (C=O) groups excluding carboxylic acids is 1. The van der Waals surface area contributed by atoms with Gasteiger partial charge in [-0.05, 0) is 49.4 Å². The topological polar surface area (TPSA) is 72.0 Å². The van der Waals surface area contributed by atoms with Crippen LogP contribution in [0.2, 0.25) is 0 Å².